The average Bonchev–Trinajstić information content (AvgIpc) is 2.61. The molecule has 1 atom stereocenters. The van der Waals surface area contributed by atoms with Crippen molar-refractivity contribution < 1.29 is 9.53 Å². The van der Waals surface area contributed by atoms with E-state index in [1.54, 1.807) is 0 Å². The summed E-state index contributed by atoms with van der Waals surface area (Å²) in [4.78, 5) is 13.5. The first-order chi connectivity index (χ1) is 9.12. The average molecular weight is 261 g/mol. The van der Waals surface area contributed by atoms with Crippen molar-refractivity contribution in [3.8, 4) is 0 Å². The maximum atomic E-state index is 11.2. The van der Waals surface area contributed by atoms with Crippen LogP contribution in [-0.4, -0.2) is 37.6 Å². The largest absolute Gasteiger partial charge is 0.465 e. The molecular weight excluding hydrogens is 238 g/mol. The zero-order valence-corrected chi connectivity index (χ0v) is 11.9. The number of benzene rings is 1. The second-order valence-corrected chi connectivity index (χ2v) is 5.58. The van der Waals surface area contributed by atoms with Gasteiger partial charge in [-0.15, -0.1) is 0 Å². The molecule has 1 heterocycles. The van der Waals surface area contributed by atoms with Gasteiger partial charge < -0.3 is 9.64 Å². The van der Waals surface area contributed by atoms with Crippen molar-refractivity contribution in [1.82, 2.24) is 4.90 Å². The first-order valence-corrected chi connectivity index (χ1v) is 7.00. The number of likely N-dealkylation sites (tertiary alicyclic amines) is 1. The predicted molar refractivity (Wildman–Crippen MR) is 76.1 cm³/mol. The summed E-state index contributed by atoms with van der Waals surface area (Å²) < 4.78 is 5.37. The van der Waals surface area contributed by atoms with Crippen LogP contribution in [-0.2, 0) is 14.9 Å². The number of carbonyl (C=O) groups excluding carboxylic acids is 1. The standard InChI is InChI=1S/C16H23NO2/c1-14(18)19-13-16(15-7-4-3-5-8-15)9-6-11-17(2)12-10-16/h3-5,7-8H,6,9-13H2,1-2H3/t16-/m0/s1. The fraction of sp³-hybridized carbons (Fsp3) is 0.562. The summed E-state index contributed by atoms with van der Waals surface area (Å²) in [6, 6.07) is 10.5. The molecule has 1 aliphatic rings. The zero-order valence-electron chi connectivity index (χ0n) is 11.9. The van der Waals surface area contributed by atoms with Gasteiger partial charge in [0.1, 0.15) is 6.61 Å². The van der Waals surface area contributed by atoms with E-state index >= 15 is 0 Å². The van der Waals surface area contributed by atoms with Crippen molar-refractivity contribution in [3.05, 3.63) is 35.9 Å². The van der Waals surface area contributed by atoms with Gasteiger partial charge in [0, 0.05) is 12.3 Å². The van der Waals surface area contributed by atoms with Crippen LogP contribution in [0.1, 0.15) is 31.7 Å². The third-order valence-electron chi connectivity index (χ3n) is 4.11. The summed E-state index contributed by atoms with van der Waals surface area (Å²) in [5.74, 6) is -0.187. The Balaban J connectivity index is 2.24. The number of rotatable bonds is 3. The summed E-state index contributed by atoms with van der Waals surface area (Å²) in [6.07, 6.45) is 3.27. The van der Waals surface area contributed by atoms with Crippen LogP contribution in [0.25, 0.3) is 0 Å². The van der Waals surface area contributed by atoms with Crippen LogP contribution in [0.4, 0.5) is 0 Å². The third-order valence-corrected chi connectivity index (χ3v) is 4.11. The van der Waals surface area contributed by atoms with Gasteiger partial charge in [0.05, 0.1) is 0 Å². The van der Waals surface area contributed by atoms with E-state index in [1.807, 2.05) is 6.07 Å². The van der Waals surface area contributed by atoms with E-state index in [0.717, 1.165) is 32.4 Å². The Morgan fingerprint density at radius 2 is 2.00 bits per heavy atom. The summed E-state index contributed by atoms with van der Waals surface area (Å²) in [5, 5.41) is 0. The lowest BCUT2D eigenvalue weighted by molar-refractivity contribution is -0.143. The van der Waals surface area contributed by atoms with Crippen LogP contribution < -0.4 is 0 Å². The molecule has 3 heteroatoms. The first kappa shape index (κ1) is 14.1. The normalized spacial score (nSPS) is 24.7. The van der Waals surface area contributed by atoms with Gasteiger partial charge in [0.25, 0.3) is 0 Å². The van der Waals surface area contributed by atoms with E-state index < -0.39 is 0 Å². The molecule has 0 radical (unpaired) electrons. The highest BCUT2D eigenvalue weighted by molar-refractivity contribution is 5.66. The Morgan fingerprint density at radius 3 is 2.68 bits per heavy atom. The van der Waals surface area contributed by atoms with E-state index in [1.165, 1.54) is 12.5 Å². The highest BCUT2D eigenvalue weighted by Gasteiger charge is 2.34. The van der Waals surface area contributed by atoms with Crippen molar-refractivity contribution in [2.45, 2.75) is 31.6 Å². The van der Waals surface area contributed by atoms with E-state index in [-0.39, 0.29) is 11.4 Å². The van der Waals surface area contributed by atoms with Gasteiger partial charge in [-0.2, -0.15) is 0 Å². The Kier molecular flexibility index (Phi) is 4.59. The lowest BCUT2D eigenvalue weighted by atomic mass is 9.75. The zero-order chi connectivity index (χ0) is 13.7. The Labute approximate surface area is 115 Å². The van der Waals surface area contributed by atoms with Gasteiger partial charge in [0.2, 0.25) is 0 Å². The Bertz CT molecular complexity index is 418. The number of hydrogen-bond donors (Lipinski definition) is 0. The molecule has 0 aliphatic carbocycles. The van der Waals surface area contributed by atoms with Crippen LogP contribution in [0.2, 0.25) is 0 Å². The van der Waals surface area contributed by atoms with Crippen molar-refractivity contribution in [2.75, 3.05) is 26.7 Å². The molecule has 1 fully saturated rings. The van der Waals surface area contributed by atoms with Crippen molar-refractivity contribution >= 4 is 5.97 Å². The molecule has 0 bridgehead atoms. The van der Waals surface area contributed by atoms with Crippen LogP contribution in [0.5, 0.6) is 0 Å². The molecule has 0 unspecified atom stereocenters. The second kappa shape index (κ2) is 6.20. The minimum atomic E-state index is -0.187. The summed E-state index contributed by atoms with van der Waals surface area (Å²) in [7, 11) is 2.16. The lowest BCUT2D eigenvalue weighted by Gasteiger charge is -2.32. The Morgan fingerprint density at radius 1 is 1.26 bits per heavy atom. The molecule has 1 saturated heterocycles. The van der Waals surface area contributed by atoms with Crippen molar-refractivity contribution in [2.24, 2.45) is 0 Å². The monoisotopic (exact) mass is 261 g/mol. The predicted octanol–water partition coefficient (Wildman–Crippen LogP) is 2.60. The SMILES string of the molecule is CC(=O)OC[C@]1(c2ccccc2)CCCN(C)CC1. The van der Waals surface area contributed by atoms with Crippen LogP contribution >= 0.6 is 0 Å². The molecule has 1 aromatic rings. The summed E-state index contributed by atoms with van der Waals surface area (Å²) in [6.45, 7) is 4.16. The number of nitrogens with zero attached hydrogens (tertiary/aromatic N) is 1. The van der Waals surface area contributed by atoms with Gasteiger partial charge >= 0.3 is 5.97 Å². The molecule has 0 amide bonds. The maximum Gasteiger partial charge on any atom is 0.302 e. The minimum Gasteiger partial charge on any atom is -0.465 e. The maximum absolute atomic E-state index is 11.2. The van der Waals surface area contributed by atoms with E-state index in [0.29, 0.717) is 6.61 Å². The summed E-state index contributed by atoms with van der Waals surface area (Å²) in [5.41, 5.74) is 1.28. The molecule has 0 saturated carbocycles. The molecular formula is C16H23NO2. The van der Waals surface area contributed by atoms with Gasteiger partial charge in [-0.3, -0.25) is 4.79 Å². The van der Waals surface area contributed by atoms with Crippen molar-refractivity contribution in [1.29, 1.82) is 0 Å². The Hall–Kier alpha value is -1.35. The highest BCUT2D eigenvalue weighted by atomic mass is 16.5. The van der Waals surface area contributed by atoms with Gasteiger partial charge in [-0.25, -0.2) is 0 Å². The number of carbonyl (C=O) groups is 1. The quantitative estimate of drug-likeness (QED) is 0.783. The molecule has 0 spiro atoms. The van der Waals surface area contributed by atoms with Gasteiger partial charge in [-0.05, 0) is 45.0 Å². The van der Waals surface area contributed by atoms with E-state index in [9.17, 15) is 4.79 Å². The fourth-order valence-corrected chi connectivity index (χ4v) is 2.88. The van der Waals surface area contributed by atoms with Crippen LogP contribution in [0, 0.1) is 0 Å². The second-order valence-electron chi connectivity index (χ2n) is 5.58. The van der Waals surface area contributed by atoms with Crippen LogP contribution in [0.3, 0.4) is 0 Å². The molecule has 1 aliphatic heterocycles. The molecule has 0 aromatic heterocycles. The smallest absolute Gasteiger partial charge is 0.302 e. The molecule has 19 heavy (non-hydrogen) atoms. The van der Waals surface area contributed by atoms with E-state index in [2.05, 4.69) is 36.2 Å². The van der Waals surface area contributed by atoms with E-state index in [4.69, 9.17) is 4.74 Å². The summed E-state index contributed by atoms with van der Waals surface area (Å²) >= 11 is 0. The van der Waals surface area contributed by atoms with Crippen LogP contribution in [0.15, 0.2) is 30.3 Å². The van der Waals surface area contributed by atoms with Crippen molar-refractivity contribution in [3.63, 3.8) is 0 Å². The van der Waals surface area contributed by atoms with Gasteiger partial charge in [-0.1, -0.05) is 30.3 Å². The minimum absolute atomic E-state index is 0.0162. The third kappa shape index (κ3) is 3.57. The fourth-order valence-electron chi connectivity index (χ4n) is 2.88. The topological polar surface area (TPSA) is 29.5 Å². The molecule has 3 nitrogen and oxygen atoms in total. The molecule has 2 rings (SSSR count). The number of hydrogen-bond acceptors (Lipinski definition) is 3. The lowest BCUT2D eigenvalue weighted by Crippen LogP contribution is -2.34. The molecule has 104 valence electrons. The van der Waals surface area contributed by atoms with Gasteiger partial charge in [0.15, 0.2) is 0 Å². The number of ether oxygens (including phenoxy) is 1. The highest BCUT2D eigenvalue weighted by Crippen LogP contribution is 2.35. The number of esters is 1. The first-order valence-electron chi connectivity index (χ1n) is 7.00. The molecule has 0 N–H and O–H groups in total. The molecule has 1 aromatic carbocycles.